The third-order valence-electron chi connectivity index (χ3n) is 4.31. The van der Waals surface area contributed by atoms with Crippen LogP contribution in [-0.4, -0.2) is 23.5 Å². The van der Waals surface area contributed by atoms with Crippen LogP contribution >= 0.6 is 0 Å². The Balaban J connectivity index is 1.95. The summed E-state index contributed by atoms with van der Waals surface area (Å²) >= 11 is 0. The van der Waals surface area contributed by atoms with Crippen LogP contribution in [0.15, 0.2) is 0 Å². The quantitative estimate of drug-likeness (QED) is 0.710. The molecular formula is C13H22N2. The number of hydrogen-bond acceptors (Lipinski definition) is 2. The molecule has 0 radical (unpaired) electrons. The maximum atomic E-state index is 8.83. The average molecular weight is 206 g/mol. The fourth-order valence-electron chi connectivity index (χ4n) is 2.91. The molecule has 0 N–H and O–H groups in total. The first kappa shape index (κ1) is 11.0. The summed E-state index contributed by atoms with van der Waals surface area (Å²) in [6, 6.07) is 3.82. The molecule has 0 aromatic heterocycles. The Bertz CT molecular complexity index is 252. The summed E-state index contributed by atoms with van der Waals surface area (Å²) in [4.78, 5) is 2.65. The van der Waals surface area contributed by atoms with Crippen LogP contribution in [0.1, 0.15) is 52.4 Å². The predicted octanol–water partition coefficient (Wildman–Crippen LogP) is 2.94. The highest BCUT2D eigenvalue weighted by Gasteiger charge is 2.45. The molecule has 0 aromatic carbocycles. The Morgan fingerprint density at radius 2 is 1.87 bits per heavy atom. The molecule has 0 bridgehead atoms. The van der Waals surface area contributed by atoms with Gasteiger partial charge in [0.25, 0.3) is 0 Å². The van der Waals surface area contributed by atoms with Crippen molar-refractivity contribution < 1.29 is 0 Å². The molecule has 1 heterocycles. The van der Waals surface area contributed by atoms with E-state index in [4.69, 9.17) is 5.26 Å². The van der Waals surface area contributed by atoms with Crippen molar-refractivity contribution >= 4 is 0 Å². The van der Waals surface area contributed by atoms with Crippen LogP contribution < -0.4 is 0 Å². The molecule has 2 fully saturated rings. The maximum Gasteiger partial charge on any atom is 0.0628 e. The van der Waals surface area contributed by atoms with Gasteiger partial charge >= 0.3 is 0 Å². The topological polar surface area (TPSA) is 27.0 Å². The van der Waals surface area contributed by atoms with Gasteiger partial charge in [-0.05, 0) is 44.9 Å². The van der Waals surface area contributed by atoms with E-state index >= 15 is 0 Å². The Labute approximate surface area is 93.3 Å². The number of rotatable bonds is 3. The third-order valence-corrected chi connectivity index (χ3v) is 4.31. The zero-order valence-electron chi connectivity index (χ0n) is 10.00. The standard InChI is InChI=1S/C13H22N2/c1-11-4-3-5-12(2)15(11)10-13(6-7-13)8-9-14/h11-12H,3-8,10H2,1-2H3. The van der Waals surface area contributed by atoms with Crippen molar-refractivity contribution in [2.24, 2.45) is 5.41 Å². The first-order valence-electron chi connectivity index (χ1n) is 6.30. The highest BCUT2D eigenvalue weighted by molar-refractivity contribution is 5.02. The second-order valence-electron chi connectivity index (χ2n) is 5.64. The zero-order valence-corrected chi connectivity index (χ0v) is 10.00. The molecule has 2 rings (SSSR count). The van der Waals surface area contributed by atoms with Gasteiger partial charge in [0, 0.05) is 25.0 Å². The molecule has 1 saturated heterocycles. The SMILES string of the molecule is CC1CCCC(C)N1CC1(CC#N)CC1. The van der Waals surface area contributed by atoms with Crippen LogP contribution in [0.5, 0.6) is 0 Å². The summed E-state index contributed by atoms with van der Waals surface area (Å²) in [5.41, 5.74) is 0.384. The fraction of sp³-hybridized carbons (Fsp3) is 0.923. The smallest absolute Gasteiger partial charge is 0.0628 e. The van der Waals surface area contributed by atoms with Crippen molar-refractivity contribution in [2.75, 3.05) is 6.54 Å². The van der Waals surface area contributed by atoms with E-state index in [0.717, 1.165) is 18.5 Å². The van der Waals surface area contributed by atoms with Gasteiger partial charge in [-0.2, -0.15) is 5.26 Å². The maximum absolute atomic E-state index is 8.83. The molecule has 0 amide bonds. The molecule has 1 saturated carbocycles. The molecule has 1 aliphatic heterocycles. The van der Waals surface area contributed by atoms with Crippen molar-refractivity contribution in [1.29, 1.82) is 5.26 Å². The summed E-state index contributed by atoms with van der Waals surface area (Å²) in [5.74, 6) is 0. The van der Waals surface area contributed by atoms with Crippen LogP contribution in [0.4, 0.5) is 0 Å². The van der Waals surface area contributed by atoms with E-state index in [1.54, 1.807) is 0 Å². The molecule has 2 atom stereocenters. The zero-order chi connectivity index (χ0) is 10.9. The second kappa shape index (κ2) is 4.14. The summed E-state index contributed by atoms with van der Waals surface area (Å²) in [6.45, 7) is 5.86. The molecule has 2 aliphatic rings. The van der Waals surface area contributed by atoms with E-state index in [-0.39, 0.29) is 0 Å². The first-order chi connectivity index (χ1) is 7.17. The van der Waals surface area contributed by atoms with Gasteiger partial charge in [-0.1, -0.05) is 6.42 Å². The lowest BCUT2D eigenvalue weighted by molar-refractivity contribution is 0.0791. The first-order valence-corrected chi connectivity index (χ1v) is 6.30. The summed E-state index contributed by atoms with van der Waals surface area (Å²) in [6.07, 6.45) is 7.37. The number of nitrogens with zero attached hydrogens (tertiary/aromatic N) is 2. The van der Waals surface area contributed by atoms with E-state index in [2.05, 4.69) is 24.8 Å². The van der Waals surface area contributed by atoms with Gasteiger partial charge in [0.05, 0.1) is 6.07 Å². The lowest BCUT2D eigenvalue weighted by Crippen LogP contribution is -2.46. The Hall–Kier alpha value is -0.550. The van der Waals surface area contributed by atoms with Crippen molar-refractivity contribution in [1.82, 2.24) is 4.90 Å². The Kier molecular flexibility index (Phi) is 3.02. The summed E-state index contributed by atoms with van der Waals surface area (Å²) in [7, 11) is 0. The third kappa shape index (κ3) is 2.34. The Morgan fingerprint density at radius 1 is 1.27 bits per heavy atom. The lowest BCUT2D eigenvalue weighted by atomic mass is 9.93. The van der Waals surface area contributed by atoms with Crippen molar-refractivity contribution in [3.05, 3.63) is 0 Å². The molecular weight excluding hydrogens is 184 g/mol. The summed E-state index contributed by atoms with van der Waals surface area (Å²) in [5, 5.41) is 8.83. The summed E-state index contributed by atoms with van der Waals surface area (Å²) < 4.78 is 0. The monoisotopic (exact) mass is 206 g/mol. The number of likely N-dealkylation sites (tertiary alicyclic amines) is 1. The van der Waals surface area contributed by atoms with Crippen LogP contribution in [0.25, 0.3) is 0 Å². The van der Waals surface area contributed by atoms with Crippen molar-refractivity contribution in [3.8, 4) is 6.07 Å². The number of piperidine rings is 1. The van der Waals surface area contributed by atoms with E-state index in [1.165, 1.54) is 38.6 Å². The van der Waals surface area contributed by atoms with Crippen LogP contribution in [0.2, 0.25) is 0 Å². The van der Waals surface area contributed by atoms with Gasteiger partial charge in [0.2, 0.25) is 0 Å². The molecule has 2 heteroatoms. The number of nitriles is 1. The molecule has 0 aromatic rings. The van der Waals surface area contributed by atoms with E-state index < -0.39 is 0 Å². The van der Waals surface area contributed by atoms with Gasteiger partial charge in [-0.25, -0.2) is 0 Å². The fourth-order valence-corrected chi connectivity index (χ4v) is 2.91. The van der Waals surface area contributed by atoms with E-state index in [1.807, 2.05) is 0 Å². The Morgan fingerprint density at radius 3 is 2.33 bits per heavy atom. The normalized spacial score (nSPS) is 34.7. The van der Waals surface area contributed by atoms with Crippen LogP contribution in [0, 0.1) is 16.7 Å². The second-order valence-corrected chi connectivity index (χ2v) is 5.64. The molecule has 2 nitrogen and oxygen atoms in total. The van der Waals surface area contributed by atoms with Gasteiger partial charge in [0.1, 0.15) is 0 Å². The van der Waals surface area contributed by atoms with E-state index in [9.17, 15) is 0 Å². The largest absolute Gasteiger partial charge is 0.297 e. The minimum atomic E-state index is 0.384. The lowest BCUT2D eigenvalue weighted by Gasteiger charge is -2.41. The number of hydrogen-bond donors (Lipinski definition) is 0. The molecule has 1 aliphatic carbocycles. The van der Waals surface area contributed by atoms with Crippen LogP contribution in [0.3, 0.4) is 0 Å². The predicted molar refractivity (Wildman–Crippen MR) is 61.4 cm³/mol. The molecule has 15 heavy (non-hydrogen) atoms. The van der Waals surface area contributed by atoms with Crippen LogP contribution in [-0.2, 0) is 0 Å². The minimum absolute atomic E-state index is 0.384. The molecule has 84 valence electrons. The molecule has 0 spiro atoms. The molecule has 2 unspecified atom stereocenters. The average Bonchev–Trinajstić information content (AvgIpc) is 2.93. The van der Waals surface area contributed by atoms with Gasteiger partial charge in [-0.3, -0.25) is 4.90 Å². The van der Waals surface area contributed by atoms with Crippen molar-refractivity contribution in [3.63, 3.8) is 0 Å². The van der Waals surface area contributed by atoms with Crippen molar-refractivity contribution in [2.45, 2.75) is 64.5 Å². The minimum Gasteiger partial charge on any atom is -0.297 e. The van der Waals surface area contributed by atoms with Gasteiger partial charge in [0.15, 0.2) is 0 Å². The highest BCUT2D eigenvalue weighted by Crippen LogP contribution is 2.50. The van der Waals surface area contributed by atoms with E-state index in [0.29, 0.717) is 5.41 Å². The highest BCUT2D eigenvalue weighted by atomic mass is 15.2. The van der Waals surface area contributed by atoms with Gasteiger partial charge < -0.3 is 0 Å². The van der Waals surface area contributed by atoms with Gasteiger partial charge in [-0.15, -0.1) is 0 Å².